The van der Waals surface area contributed by atoms with E-state index in [1.807, 2.05) is 6.07 Å². The van der Waals surface area contributed by atoms with E-state index in [1.54, 1.807) is 12.1 Å². The van der Waals surface area contributed by atoms with Gasteiger partial charge < -0.3 is 10.5 Å². The number of nitrogen functional groups attached to an aromatic ring is 1. The van der Waals surface area contributed by atoms with Gasteiger partial charge in [-0.2, -0.15) is 0 Å². The third-order valence-corrected chi connectivity index (χ3v) is 3.01. The Morgan fingerprint density at radius 1 is 1.38 bits per heavy atom. The van der Waals surface area contributed by atoms with E-state index >= 15 is 0 Å². The van der Waals surface area contributed by atoms with E-state index in [9.17, 15) is 4.79 Å². The number of carbonyl (C=O) groups excluding carboxylic acids is 1. The molecule has 3 nitrogen and oxygen atoms in total. The number of ether oxygens (including phenoxy) is 1. The summed E-state index contributed by atoms with van der Waals surface area (Å²) in [6.07, 6.45) is 5.00. The van der Waals surface area contributed by atoms with Crippen LogP contribution < -0.4 is 10.5 Å². The molecule has 0 aromatic heterocycles. The van der Waals surface area contributed by atoms with E-state index in [4.69, 9.17) is 10.5 Å². The van der Waals surface area contributed by atoms with Crippen molar-refractivity contribution in [1.82, 2.24) is 0 Å². The van der Waals surface area contributed by atoms with Gasteiger partial charge in [0.2, 0.25) is 0 Å². The summed E-state index contributed by atoms with van der Waals surface area (Å²) in [5.74, 6) is 0.737. The lowest BCUT2D eigenvalue weighted by molar-refractivity contribution is 0.101. The molecule has 0 unspecified atom stereocenters. The van der Waals surface area contributed by atoms with Crippen molar-refractivity contribution in [3.63, 3.8) is 0 Å². The third-order valence-electron chi connectivity index (χ3n) is 3.01. The third kappa shape index (κ3) is 2.35. The van der Waals surface area contributed by atoms with Crippen molar-refractivity contribution in [2.24, 2.45) is 0 Å². The van der Waals surface area contributed by atoms with Gasteiger partial charge in [0.15, 0.2) is 5.78 Å². The highest BCUT2D eigenvalue weighted by Crippen LogP contribution is 2.26. The molecule has 0 aliphatic heterocycles. The molecule has 1 aliphatic carbocycles. The van der Waals surface area contributed by atoms with Crippen LogP contribution in [0.25, 0.3) is 0 Å². The Kier molecular flexibility index (Phi) is 3.13. The van der Waals surface area contributed by atoms with Crippen LogP contribution in [-0.2, 0) is 0 Å². The standard InChI is InChI=1S/C13H17NO2/c1-9(15)12-8-11(6-7-13(12)14)16-10-4-2-3-5-10/h6-8,10H,2-5,14H2,1H3. The molecule has 0 saturated heterocycles. The number of benzene rings is 1. The highest BCUT2D eigenvalue weighted by atomic mass is 16.5. The maximum atomic E-state index is 11.3. The minimum Gasteiger partial charge on any atom is -0.490 e. The molecule has 0 bridgehead atoms. The van der Waals surface area contributed by atoms with E-state index < -0.39 is 0 Å². The SMILES string of the molecule is CC(=O)c1cc(OC2CCCC2)ccc1N. The average molecular weight is 219 g/mol. The Morgan fingerprint density at radius 3 is 2.69 bits per heavy atom. The molecule has 1 fully saturated rings. The molecule has 16 heavy (non-hydrogen) atoms. The van der Waals surface area contributed by atoms with Crippen LogP contribution in [0.15, 0.2) is 18.2 Å². The molecule has 0 spiro atoms. The smallest absolute Gasteiger partial charge is 0.162 e. The number of hydrogen-bond acceptors (Lipinski definition) is 3. The highest BCUT2D eigenvalue weighted by molar-refractivity contribution is 5.99. The van der Waals surface area contributed by atoms with E-state index in [2.05, 4.69) is 0 Å². The number of carbonyl (C=O) groups is 1. The number of nitrogens with two attached hydrogens (primary N) is 1. The van der Waals surface area contributed by atoms with Gasteiger partial charge >= 0.3 is 0 Å². The number of anilines is 1. The molecular formula is C13H17NO2. The Bertz CT molecular complexity index is 395. The molecule has 1 aliphatic rings. The van der Waals surface area contributed by atoms with Crippen LogP contribution in [0.3, 0.4) is 0 Å². The van der Waals surface area contributed by atoms with Crippen molar-refractivity contribution >= 4 is 11.5 Å². The zero-order valence-electron chi connectivity index (χ0n) is 9.53. The largest absolute Gasteiger partial charge is 0.490 e. The number of rotatable bonds is 3. The molecule has 1 aromatic carbocycles. The van der Waals surface area contributed by atoms with Crippen molar-refractivity contribution in [1.29, 1.82) is 0 Å². The molecule has 1 aromatic rings. The first-order valence-electron chi connectivity index (χ1n) is 5.74. The summed E-state index contributed by atoms with van der Waals surface area (Å²) >= 11 is 0. The monoisotopic (exact) mass is 219 g/mol. The van der Waals surface area contributed by atoms with Crippen LogP contribution in [0.5, 0.6) is 5.75 Å². The molecule has 86 valence electrons. The second kappa shape index (κ2) is 4.56. The van der Waals surface area contributed by atoms with Crippen molar-refractivity contribution in [2.75, 3.05) is 5.73 Å². The molecule has 2 rings (SSSR count). The lowest BCUT2D eigenvalue weighted by atomic mass is 10.1. The molecule has 3 heteroatoms. The molecule has 0 heterocycles. The van der Waals surface area contributed by atoms with Crippen LogP contribution >= 0.6 is 0 Å². The average Bonchev–Trinajstić information content (AvgIpc) is 2.73. The topological polar surface area (TPSA) is 52.3 Å². The van der Waals surface area contributed by atoms with Gasteiger partial charge in [-0.15, -0.1) is 0 Å². The normalized spacial score (nSPS) is 16.3. The van der Waals surface area contributed by atoms with Crippen LogP contribution in [0.1, 0.15) is 43.0 Å². The van der Waals surface area contributed by atoms with Gasteiger partial charge in [-0.05, 0) is 50.8 Å². The second-order valence-corrected chi connectivity index (χ2v) is 4.33. The first-order chi connectivity index (χ1) is 7.66. The number of ketones is 1. The van der Waals surface area contributed by atoms with E-state index in [-0.39, 0.29) is 5.78 Å². The van der Waals surface area contributed by atoms with Crippen LogP contribution in [-0.4, -0.2) is 11.9 Å². The summed E-state index contributed by atoms with van der Waals surface area (Å²) in [5.41, 5.74) is 6.79. The fraction of sp³-hybridized carbons (Fsp3) is 0.462. The zero-order chi connectivity index (χ0) is 11.5. The predicted octanol–water partition coefficient (Wildman–Crippen LogP) is 2.79. The predicted molar refractivity (Wildman–Crippen MR) is 63.7 cm³/mol. The van der Waals surface area contributed by atoms with Crippen LogP contribution in [0.4, 0.5) is 5.69 Å². The second-order valence-electron chi connectivity index (χ2n) is 4.33. The van der Waals surface area contributed by atoms with Gasteiger partial charge in [-0.1, -0.05) is 0 Å². The number of Topliss-reactive ketones (excluding diaryl/α,β-unsaturated/α-hetero) is 1. The first-order valence-corrected chi connectivity index (χ1v) is 5.74. The van der Waals surface area contributed by atoms with E-state index in [0.29, 0.717) is 17.4 Å². The van der Waals surface area contributed by atoms with Crippen LogP contribution in [0.2, 0.25) is 0 Å². The maximum absolute atomic E-state index is 11.3. The zero-order valence-corrected chi connectivity index (χ0v) is 9.53. The van der Waals surface area contributed by atoms with Crippen molar-refractivity contribution in [2.45, 2.75) is 38.7 Å². The Hall–Kier alpha value is -1.51. The Morgan fingerprint density at radius 2 is 2.06 bits per heavy atom. The quantitative estimate of drug-likeness (QED) is 0.628. The first kappa shape index (κ1) is 11.0. The van der Waals surface area contributed by atoms with Gasteiger partial charge in [0, 0.05) is 11.3 Å². The molecule has 0 atom stereocenters. The fourth-order valence-electron chi connectivity index (χ4n) is 2.11. The number of hydrogen-bond donors (Lipinski definition) is 1. The minimum atomic E-state index is -0.0191. The Labute approximate surface area is 95.6 Å². The summed E-state index contributed by atoms with van der Waals surface area (Å²) in [4.78, 5) is 11.3. The molecule has 0 radical (unpaired) electrons. The van der Waals surface area contributed by atoms with Gasteiger partial charge in [-0.25, -0.2) is 0 Å². The molecular weight excluding hydrogens is 202 g/mol. The van der Waals surface area contributed by atoms with Crippen molar-refractivity contribution < 1.29 is 9.53 Å². The molecule has 0 amide bonds. The van der Waals surface area contributed by atoms with Crippen molar-refractivity contribution in [3.05, 3.63) is 23.8 Å². The summed E-state index contributed by atoms with van der Waals surface area (Å²) in [5, 5.41) is 0. The van der Waals surface area contributed by atoms with Gasteiger partial charge in [0.1, 0.15) is 5.75 Å². The maximum Gasteiger partial charge on any atom is 0.162 e. The summed E-state index contributed by atoms with van der Waals surface area (Å²) in [6, 6.07) is 5.32. The lowest BCUT2D eigenvalue weighted by Crippen LogP contribution is -2.11. The highest BCUT2D eigenvalue weighted by Gasteiger charge is 2.17. The van der Waals surface area contributed by atoms with Crippen LogP contribution in [0, 0.1) is 0 Å². The van der Waals surface area contributed by atoms with Gasteiger partial charge in [0.05, 0.1) is 6.10 Å². The van der Waals surface area contributed by atoms with Crippen molar-refractivity contribution in [3.8, 4) is 5.75 Å². The summed E-state index contributed by atoms with van der Waals surface area (Å²) in [7, 11) is 0. The minimum absolute atomic E-state index is 0.0191. The van der Waals surface area contributed by atoms with E-state index in [0.717, 1.165) is 18.6 Å². The van der Waals surface area contributed by atoms with Gasteiger partial charge in [0.25, 0.3) is 0 Å². The lowest BCUT2D eigenvalue weighted by Gasteiger charge is -2.14. The summed E-state index contributed by atoms with van der Waals surface area (Å²) in [6.45, 7) is 1.52. The molecule has 1 saturated carbocycles. The summed E-state index contributed by atoms with van der Waals surface area (Å²) < 4.78 is 5.81. The molecule has 2 N–H and O–H groups in total. The van der Waals surface area contributed by atoms with E-state index in [1.165, 1.54) is 19.8 Å². The Balaban J connectivity index is 2.15. The van der Waals surface area contributed by atoms with Gasteiger partial charge in [-0.3, -0.25) is 4.79 Å². The fourth-order valence-corrected chi connectivity index (χ4v) is 2.11.